The third kappa shape index (κ3) is 4.11. The van der Waals surface area contributed by atoms with Gasteiger partial charge in [-0.1, -0.05) is 20.8 Å². The van der Waals surface area contributed by atoms with E-state index in [-0.39, 0.29) is 0 Å². The summed E-state index contributed by atoms with van der Waals surface area (Å²) in [5.74, 6) is 1.73. The van der Waals surface area contributed by atoms with Crippen molar-refractivity contribution in [2.75, 3.05) is 18.1 Å². The molecule has 1 fully saturated rings. The van der Waals surface area contributed by atoms with Gasteiger partial charge in [-0.3, -0.25) is 0 Å². The van der Waals surface area contributed by atoms with Gasteiger partial charge in [0.1, 0.15) is 0 Å². The van der Waals surface area contributed by atoms with Crippen molar-refractivity contribution in [2.24, 2.45) is 11.8 Å². The Balaban J connectivity index is 2.57. The van der Waals surface area contributed by atoms with Crippen LogP contribution in [-0.4, -0.2) is 32.5 Å². The SMILES string of the molecule is CCNC(CC(C)C)C1CCS(=O)(=O)C1. The van der Waals surface area contributed by atoms with Crippen molar-refractivity contribution in [3.05, 3.63) is 0 Å². The van der Waals surface area contributed by atoms with Crippen LogP contribution in [0.5, 0.6) is 0 Å². The molecule has 1 aliphatic rings. The summed E-state index contributed by atoms with van der Waals surface area (Å²) in [6.07, 6.45) is 1.92. The third-order valence-electron chi connectivity index (χ3n) is 3.03. The molecule has 0 radical (unpaired) electrons. The Bertz CT molecular complexity index is 285. The molecule has 0 spiro atoms. The van der Waals surface area contributed by atoms with Crippen LogP contribution in [0.1, 0.15) is 33.6 Å². The zero-order valence-corrected chi connectivity index (χ0v) is 10.8. The first kappa shape index (κ1) is 13.0. The van der Waals surface area contributed by atoms with Crippen LogP contribution in [0.3, 0.4) is 0 Å². The van der Waals surface area contributed by atoms with Crippen LogP contribution >= 0.6 is 0 Å². The van der Waals surface area contributed by atoms with Gasteiger partial charge in [0.15, 0.2) is 9.84 Å². The van der Waals surface area contributed by atoms with Crippen molar-refractivity contribution < 1.29 is 8.42 Å². The molecule has 0 saturated carbocycles. The van der Waals surface area contributed by atoms with Gasteiger partial charge in [-0.25, -0.2) is 8.42 Å². The molecule has 1 rings (SSSR count). The molecule has 3 nitrogen and oxygen atoms in total. The lowest BCUT2D eigenvalue weighted by Crippen LogP contribution is -2.37. The van der Waals surface area contributed by atoms with Crippen LogP contribution in [0.15, 0.2) is 0 Å². The van der Waals surface area contributed by atoms with Crippen LogP contribution in [0.25, 0.3) is 0 Å². The fourth-order valence-electron chi connectivity index (χ4n) is 2.35. The van der Waals surface area contributed by atoms with Gasteiger partial charge in [0.2, 0.25) is 0 Å². The molecule has 15 heavy (non-hydrogen) atoms. The molecule has 2 unspecified atom stereocenters. The second kappa shape index (κ2) is 5.30. The number of nitrogens with one attached hydrogen (secondary N) is 1. The second-order valence-corrected chi connectivity index (χ2v) is 7.19. The van der Waals surface area contributed by atoms with E-state index < -0.39 is 9.84 Å². The van der Waals surface area contributed by atoms with E-state index in [2.05, 4.69) is 26.1 Å². The molecule has 1 N–H and O–H groups in total. The van der Waals surface area contributed by atoms with Gasteiger partial charge in [0, 0.05) is 6.04 Å². The van der Waals surface area contributed by atoms with E-state index in [1.54, 1.807) is 0 Å². The Morgan fingerprint density at radius 1 is 1.40 bits per heavy atom. The minimum Gasteiger partial charge on any atom is -0.314 e. The van der Waals surface area contributed by atoms with Gasteiger partial charge in [-0.15, -0.1) is 0 Å². The molecule has 0 bridgehead atoms. The highest BCUT2D eigenvalue weighted by molar-refractivity contribution is 7.91. The fourth-order valence-corrected chi connectivity index (χ4v) is 4.23. The number of rotatable bonds is 5. The lowest BCUT2D eigenvalue weighted by molar-refractivity contribution is 0.331. The maximum Gasteiger partial charge on any atom is 0.150 e. The Morgan fingerprint density at radius 3 is 2.47 bits per heavy atom. The van der Waals surface area contributed by atoms with E-state index in [0.717, 1.165) is 19.4 Å². The van der Waals surface area contributed by atoms with E-state index in [1.807, 2.05) is 0 Å². The molecule has 1 saturated heterocycles. The van der Waals surface area contributed by atoms with E-state index in [9.17, 15) is 8.42 Å². The smallest absolute Gasteiger partial charge is 0.150 e. The normalized spacial score (nSPS) is 27.1. The highest BCUT2D eigenvalue weighted by Crippen LogP contribution is 2.25. The molecule has 90 valence electrons. The molecule has 2 atom stereocenters. The standard InChI is InChI=1S/C11H23NO2S/c1-4-12-11(7-9(2)3)10-5-6-15(13,14)8-10/h9-12H,4-8H2,1-3H3. The molecule has 0 aromatic heterocycles. The Hall–Kier alpha value is -0.0900. The summed E-state index contributed by atoms with van der Waals surface area (Å²) in [6.45, 7) is 7.38. The molecule has 0 aromatic carbocycles. The van der Waals surface area contributed by atoms with Gasteiger partial charge in [0.05, 0.1) is 11.5 Å². The maximum atomic E-state index is 11.4. The van der Waals surface area contributed by atoms with Crippen molar-refractivity contribution in [3.63, 3.8) is 0 Å². The number of hydrogen-bond acceptors (Lipinski definition) is 3. The van der Waals surface area contributed by atoms with Gasteiger partial charge in [0.25, 0.3) is 0 Å². The number of sulfone groups is 1. The van der Waals surface area contributed by atoms with E-state index >= 15 is 0 Å². The average molecular weight is 233 g/mol. The molecular formula is C11H23NO2S. The second-order valence-electron chi connectivity index (χ2n) is 4.96. The lowest BCUT2D eigenvalue weighted by Gasteiger charge is -2.25. The molecule has 0 aromatic rings. The zero-order valence-electron chi connectivity index (χ0n) is 9.99. The van der Waals surface area contributed by atoms with Crippen molar-refractivity contribution in [2.45, 2.75) is 39.7 Å². The largest absolute Gasteiger partial charge is 0.314 e. The predicted octanol–water partition coefficient (Wildman–Crippen LogP) is 1.45. The van der Waals surface area contributed by atoms with Crippen molar-refractivity contribution in [3.8, 4) is 0 Å². The van der Waals surface area contributed by atoms with Gasteiger partial charge in [-0.2, -0.15) is 0 Å². The van der Waals surface area contributed by atoms with Crippen LogP contribution in [0.2, 0.25) is 0 Å². The summed E-state index contributed by atoms with van der Waals surface area (Å²) in [5, 5.41) is 3.43. The Kier molecular flexibility index (Phi) is 4.59. The summed E-state index contributed by atoms with van der Waals surface area (Å²) in [7, 11) is -2.73. The van der Waals surface area contributed by atoms with Crippen molar-refractivity contribution >= 4 is 9.84 Å². The number of hydrogen-bond donors (Lipinski definition) is 1. The van der Waals surface area contributed by atoms with E-state index in [0.29, 0.717) is 29.4 Å². The third-order valence-corrected chi connectivity index (χ3v) is 4.82. The quantitative estimate of drug-likeness (QED) is 0.781. The molecular weight excluding hydrogens is 210 g/mol. The van der Waals surface area contributed by atoms with Crippen LogP contribution in [-0.2, 0) is 9.84 Å². The topological polar surface area (TPSA) is 46.2 Å². The first-order valence-electron chi connectivity index (χ1n) is 5.88. The van der Waals surface area contributed by atoms with E-state index in [1.165, 1.54) is 0 Å². The summed E-state index contributed by atoms with van der Waals surface area (Å²) in [4.78, 5) is 0. The minimum absolute atomic E-state index is 0.331. The highest BCUT2D eigenvalue weighted by Gasteiger charge is 2.33. The van der Waals surface area contributed by atoms with Crippen LogP contribution in [0, 0.1) is 11.8 Å². The maximum absolute atomic E-state index is 11.4. The first-order valence-corrected chi connectivity index (χ1v) is 7.70. The van der Waals surface area contributed by atoms with E-state index in [4.69, 9.17) is 0 Å². The molecule has 1 aliphatic heterocycles. The molecule has 0 amide bonds. The fraction of sp³-hybridized carbons (Fsp3) is 1.00. The van der Waals surface area contributed by atoms with Gasteiger partial charge < -0.3 is 5.32 Å². The summed E-state index contributed by atoms with van der Waals surface area (Å²) in [6, 6.07) is 0.382. The average Bonchev–Trinajstić information content (AvgIpc) is 2.44. The Morgan fingerprint density at radius 2 is 2.07 bits per heavy atom. The van der Waals surface area contributed by atoms with Crippen LogP contribution < -0.4 is 5.32 Å². The van der Waals surface area contributed by atoms with Crippen LogP contribution in [0.4, 0.5) is 0 Å². The summed E-state index contributed by atoms with van der Waals surface area (Å²) >= 11 is 0. The predicted molar refractivity (Wildman–Crippen MR) is 63.7 cm³/mol. The first-order chi connectivity index (χ1) is 6.94. The van der Waals surface area contributed by atoms with Gasteiger partial charge >= 0.3 is 0 Å². The summed E-state index contributed by atoms with van der Waals surface area (Å²) in [5.41, 5.74) is 0. The molecule has 0 aliphatic carbocycles. The molecule has 1 heterocycles. The molecule has 4 heteroatoms. The minimum atomic E-state index is -2.73. The Labute approximate surface area is 93.6 Å². The monoisotopic (exact) mass is 233 g/mol. The van der Waals surface area contributed by atoms with Crippen molar-refractivity contribution in [1.29, 1.82) is 0 Å². The summed E-state index contributed by atoms with van der Waals surface area (Å²) < 4.78 is 22.8. The van der Waals surface area contributed by atoms with Gasteiger partial charge in [-0.05, 0) is 31.2 Å². The lowest BCUT2D eigenvalue weighted by atomic mass is 9.91. The zero-order chi connectivity index (χ0) is 11.5. The highest BCUT2D eigenvalue weighted by atomic mass is 32.2. The van der Waals surface area contributed by atoms with Crippen molar-refractivity contribution in [1.82, 2.24) is 5.32 Å².